The van der Waals surface area contributed by atoms with Crippen LogP contribution < -0.4 is 0 Å². The van der Waals surface area contributed by atoms with E-state index in [9.17, 15) is 13.6 Å². The number of nitrogens with zero attached hydrogens (tertiary/aromatic N) is 2. The Labute approximate surface area is 123 Å². The Morgan fingerprint density at radius 2 is 2.24 bits per heavy atom. The van der Waals surface area contributed by atoms with Gasteiger partial charge in [-0.05, 0) is 19.1 Å². The van der Waals surface area contributed by atoms with Crippen molar-refractivity contribution < 1.29 is 23.4 Å². The first-order valence-electron chi connectivity index (χ1n) is 6.15. The van der Waals surface area contributed by atoms with Gasteiger partial charge in [-0.3, -0.25) is 4.79 Å². The van der Waals surface area contributed by atoms with Gasteiger partial charge in [0, 0.05) is 7.11 Å². The van der Waals surface area contributed by atoms with Crippen molar-refractivity contribution in [1.29, 1.82) is 0 Å². The molecule has 1 aromatic carbocycles. The maximum Gasteiger partial charge on any atom is 0.313 e. The van der Waals surface area contributed by atoms with Gasteiger partial charge in [-0.25, -0.2) is 13.8 Å². The molecule has 1 heterocycles. The number of benzene rings is 1. The summed E-state index contributed by atoms with van der Waals surface area (Å²) in [6.45, 7) is 2.02. The van der Waals surface area contributed by atoms with E-state index < -0.39 is 17.6 Å². The van der Waals surface area contributed by atoms with Crippen LogP contribution in [0.4, 0.5) is 8.78 Å². The highest BCUT2D eigenvalue weighted by Crippen LogP contribution is 2.27. The standard InChI is InChI=1S/C13H14F2N2O3S/c1-7(20-2)5-17-12-9(4-3-8(14)11(12)15)16-13(17)21-6-10(18)19/h3-4,7H,5-6H2,1-2H3,(H,18,19). The zero-order chi connectivity index (χ0) is 15.6. The van der Waals surface area contributed by atoms with Crippen LogP contribution >= 0.6 is 11.8 Å². The summed E-state index contributed by atoms with van der Waals surface area (Å²) in [6, 6.07) is 2.37. The van der Waals surface area contributed by atoms with Crippen molar-refractivity contribution in [2.45, 2.75) is 24.7 Å². The SMILES string of the molecule is COC(C)Cn1c(SCC(=O)O)nc2ccc(F)c(F)c21. The van der Waals surface area contributed by atoms with Crippen LogP contribution in [-0.2, 0) is 16.1 Å². The molecule has 0 bridgehead atoms. The van der Waals surface area contributed by atoms with E-state index in [1.165, 1.54) is 17.7 Å². The number of ether oxygens (including phenoxy) is 1. The summed E-state index contributed by atoms with van der Waals surface area (Å²) in [6.07, 6.45) is -0.255. The molecule has 1 N–H and O–H groups in total. The lowest BCUT2D eigenvalue weighted by Gasteiger charge is -2.13. The van der Waals surface area contributed by atoms with E-state index in [1.807, 2.05) is 0 Å². The first-order valence-corrected chi connectivity index (χ1v) is 7.14. The van der Waals surface area contributed by atoms with Gasteiger partial charge in [0.15, 0.2) is 16.8 Å². The predicted octanol–water partition coefficient (Wildman–Crippen LogP) is 2.53. The Balaban J connectivity index is 2.53. The lowest BCUT2D eigenvalue weighted by Crippen LogP contribution is -2.16. The lowest BCUT2D eigenvalue weighted by atomic mass is 10.3. The normalized spacial score (nSPS) is 12.8. The average molecular weight is 316 g/mol. The van der Waals surface area contributed by atoms with Crippen LogP contribution in [0.3, 0.4) is 0 Å². The lowest BCUT2D eigenvalue weighted by molar-refractivity contribution is -0.133. The van der Waals surface area contributed by atoms with Crippen LogP contribution in [0.5, 0.6) is 0 Å². The third-order valence-electron chi connectivity index (χ3n) is 2.93. The Hall–Kier alpha value is -1.67. The molecule has 1 unspecified atom stereocenters. The second-order valence-corrected chi connectivity index (χ2v) is 5.41. The molecule has 0 saturated carbocycles. The minimum Gasteiger partial charge on any atom is -0.481 e. The number of rotatable bonds is 6. The van der Waals surface area contributed by atoms with Crippen LogP contribution in [0.1, 0.15) is 6.92 Å². The third-order valence-corrected chi connectivity index (χ3v) is 3.89. The fourth-order valence-corrected chi connectivity index (χ4v) is 2.61. The Bertz CT molecular complexity index is 675. The minimum atomic E-state index is -1.01. The summed E-state index contributed by atoms with van der Waals surface area (Å²) in [5.74, 6) is -3.19. The van der Waals surface area contributed by atoms with Gasteiger partial charge in [-0.15, -0.1) is 0 Å². The molecule has 0 saturated heterocycles. The second-order valence-electron chi connectivity index (χ2n) is 4.46. The minimum absolute atomic E-state index is 0.0202. The van der Waals surface area contributed by atoms with E-state index in [0.29, 0.717) is 5.16 Å². The largest absolute Gasteiger partial charge is 0.481 e. The van der Waals surface area contributed by atoms with Gasteiger partial charge in [0.1, 0.15) is 5.52 Å². The van der Waals surface area contributed by atoms with Crippen molar-refractivity contribution in [2.75, 3.05) is 12.9 Å². The molecule has 1 aromatic heterocycles. The monoisotopic (exact) mass is 316 g/mol. The van der Waals surface area contributed by atoms with Crippen LogP contribution in [0.25, 0.3) is 11.0 Å². The molecule has 2 aromatic rings. The highest BCUT2D eigenvalue weighted by atomic mass is 32.2. The van der Waals surface area contributed by atoms with Crippen LogP contribution in [-0.4, -0.2) is 39.6 Å². The van der Waals surface area contributed by atoms with Gasteiger partial charge < -0.3 is 14.4 Å². The molecule has 0 amide bonds. The number of halogens is 2. The third kappa shape index (κ3) is 3.33. The number of hydrogen-bond acceptors (Lipinski definition) is 4. The van der Waals surface area contributed by atoms with E-state index >= 15 is 0 Å². The van der Waals surface area contributed by atoms with Gasteiger partial charge in [-0.1, -0.05) is 11.8 Å². The summed E-state index contributed by atoms with van der Waals surface area (Å²) in [5, 5.41) is 9.07. The van der Waals surface area contributed by atoms with Gasteiger partial charge >= 0.3 is 5.97 Å². The molecule has 0 aliphatic rings. The highest BCUT2D eigenvalue weighted by molar-refractivity contribution is 7.99. The maximum atomic E-state index is 14.0. The van der Waals surface area contributed by atoms with Crippen molar-refractivity contribution in [2.24, 2.45) is 0 Å². The summed E-state index contributed by atoms with van der Waals surface area (Å²) in [4.78, 5) is 14.9. The number of carbonyl (C=O) groups is 1. The fourth-order valence-electron chi connectivity index (χ4n) is 1.87. The van der Waals surface area contributed by atoms with E-state index in [1.54, 1.807) is 6.92 Å². The van der Waals surface area contributed by atoms with E-state index in [-0.39, 0.29) is 29.4 Å². The van der Waals surface area contributed by atoms with E-state index in [2.05, 4.69) is 4.98 Å². The number of thioether (sulfide) groups is 1. The number of carboxylic acids is 1. The van der Waals surface area contributed by atoms with Crippen LogP contribution in [0.2, 0.25) is 0 Å². The number of carboxylic acid groups (broad SMARTS) is 1. The molecule has 0 radical (unpaired) electrons. The number of methoxy groups -OCH3 is 1. The maximum absolute atomic E-state index is 14.0. The first-order chi connectivity index (χ1) is 9.93. The number of imidazole rings is 1. The van der Waals surface area contributed by atoms with Crippen LogP contribution in [0, 0.1) is 11.6 Å². The summed E-state index contributed by atoms with van der Waals surface area (Å²) in [5.41, 5.74) is 0.303. The number of fused-ring (bicyclic) bond motifs is 1. The topological polar surface area (TPSA) is 64.3 Å². The predicted molar refractivity (Wildman–Crippen MR) is 74.5 cm³/mol. The molecule has 1 atom stereocenters. The Morgan fingerprint density at radius 3 is 2.86 bits per heavy atom. The summed E-state index contributed by atoms with van der Waals surface area (Å²) < 4.78 is 34.0. The number of aromatic nitrogens is 2. The second kappa shape index (κ2) is 6.40. The van der Waals surface area contributed by atoms with Crippen molar-refractivity contribution in [3.63, 3.8) is 0 Å². The highest BCUT2D eigenvalue weighted by Gasteiger charge is 2.19. The van der Waals surface area contributed by atoms with Gasteiger partial charge in [0.2, 0.25) is 0 Å². The molecule has 2 rings (SSSR count). The van der Waals surface area contributed by atoms with Crippen molar-refractivity contribution in [3.05, 3.63) is 23.8 Å². The molecule has 8 heteroatoms. The zero-order valence-electron chi connectivity index (χ0n) is 11.5. The average Bonchev–Trinajstić information content (AvgIpc) is 2.79. The Kier molecular flexibility index (Phi) is 4.79. The molecule has 0 fully saturated rings. The van der Waals surface area contributed by atoms with Crippen molar-refractivity contribution in [1.82, 2.24) is 9.55 Å². The van der Waals surface area contributed by atoms with Gasteiger partial charge in [-0.2, -0.15) is 0 Å². The van der Waals surface area contributed by atoms with E-state index in [0.717, 1.165) is 17.8 Å². The van der Waals surface area contributed by atoms with Crippen molar-refractivity contribution >= 4 is 28.8 Å². The summed E-state index contributed by atoms with van der Waals surface area (Å²) in [7, 11) is 1.50. The molecule has 0 spiro atoms. The molecule has 21 heavy (non-hydrogen) atoms. The molecule has 0 aliphatic heterocycles. The molecular weight excluding hydrogens is 302 g/mol. The summed E-state index contributed by atoms with van der Waals surface area (Å²) >= 11 is 0.956. The van der Waals surface area contributed by atoms with Crippen LogP contribution in [0.15, 0.2) is 17.3 Å². The molecule has 5 nitrogen and oxygen atoms in total. The number of aliphatic carboxylic acids is 1. The fraction of sp³-hybridized carbons (Fsp3) is 0.385. The first kappa shape index (κ1) is 15.7. The van der Waals surface area contributed by atoms with Gasteiger partial charge in [0.25, 0.3) is 0 Å². The zero-order valence-corrected chi connectivity index (χ0v) is 12.3. The molecule has 0 aliphatic carbocycles. The van der Waals surface area contributed by atoms with Gasteiger partial charge in [0.05, 0.1) is 23.9 Å². The van der Waals surface area contributed by atoms with Crippen molar-refractivity contribution in [3.8, 4) is 0 Å². The smallest absolute Gasteiger partial charge is 0.313 e. The quantitative estimate of drug-likeness (QED) is 0.830. The van der Waals surface area contributed by atoms with E-state index in [4.69, 9.17) is 9.84 Å². The molecule has 114 valence electrons. The Morgan fingerprint density at radius 1 is 1.52 bits per heavy atom. The molecular formula is C13H14F2N2O3S. The number of hydrogen-bond donors (Lipinski definition) is 1.